The van der Waals surface area contributed by atoms with Gasteiger partial charge in [-0.1, -0.05) is 67.1 Å². The Morgan fingerprint density at radius 3 is 2.16 bits per heavy atom. The minimum Gasteiger partial charge on any atom is -0.298 e. The van der Waals surface area contributed by atoms with Crippen LogP contribution in [0.5, 0.6) is 0 Å². The summed E-state index contributed by atoms with van der Waals surface area (Å²) in [5.41, 5.74) is 1.36. The third-order valence-electron chi connectivity index (χ3n) is 4.91. The van der Waals surface area contributed by atoms with Gasteiger partial charge in [0.05, 0.1) is 0 Å². The van der Waals surface area contributed by atoms with E-state index in [0.717, 1.165) is 18.4 Å². The number of alkyl halides is 2. The highest BCUT2D eigenvalue weighted by molar-refractivity contribution is 6.40. The van der Waals surface area contributed by atoms with Gasteiger partial charge in [-0.3, -0.25) is 9.59 Å². The standard InChI is InChI=1S/C21H20Cl2O2/c22-19(20(25)16-11-5-2-6-12-16)18(15-9-3-1-4-10-15)21(23)14-8-7-13-17(21)24/h1-6,9-12,18-19H,7-8,13-14H2/t18-,19-,21+/m1/s1. The van der Waals surface area contributed by atoms with Crippen molar-refractivity contribution in [2.75, 3.05) is 0 Å². The number of halogens is 2. The summed E-state index contributed by atoms with van der Waals surface area (Å²) in [5, 5.41) is -0.899. The van der Waals surface area contributed by atoms with E-state index in [-0.39, 0.29) is 11.6 Å². The van der Waals surface area contributed by atoms with Crippen molar-refractivity contribution in [2.24, 2.45) is 0 Å². The summed E-state index contributed by atoms with van der Waals surface area (Å²) in [5.74, 6) is -0.771. The van der Waals surface area contributed by atoms with Crippen molar-refractivity contribution >= 4 is 34.8 Å². The van der Waals surface area contributed by atoms with Gasteiger partial charge in [0.15, 0.2) is 11.6 Å². The van der Waals surface area contributed by atoms with Crippen molar-refractivity contribution in [3.05, 3.63) is 71.8 Å². The summed E-state index contributed by atoms with van der Waals surface area (Å²) in [6.07, 6.45) is 2.68. The summed E-state index contributed by atoms with van der Waals surface area (Å²) in [6.45, 7) is 0. The van der Waals surface area contributed by atoms with Crippen LogP contribution in [0, 0.1) is 0 Å². The molecule has 2 aromatic rings. The van der Waals surface area contributed by atoms with Crippen LogP contribution >= 0.6 is 23.2 Å². The van der Waals surface area contributed by atoms with Crippen LogP contribution in [0.15, 0.2) is 60.7 Å². The molecule has 3 atom stereocenters. The monoisotopic (exact) mass is 374 g/mol. The lowest BCUT2D eigenvalue weighted by atomic mass is 9.72. The van der Waals surface area contributed by atoms with Crippen LogP contribution in [0.4, 0.5) is 0 Å². The van der Waals surface area contributed by atoms with Gasteiger partial charge in [-0.15, -0.1) is 23.2 Å². The summed E-state index contributed by atoms with van der Waals surface area (Å²) >= 11 is 13.5. The van der Waals surface area contributed by atoms with Crippen LogP contribution in [0.2, 0.25) is 0 Å². The van der Waals surface area contributed by atoms with Crippen molar-refractivity contribution in [3.8, 4) is 0 Å². The van der Waals surface area contributed by atoms with Gasteiger partial charge in [0.25, 0.3) is 0 Å². The van der Waals surface area contributed by atoms with Gasteiger partial charge >= 0.3 is 0 Å². The second-order valence-electron chi connectivity index (χ2n) is 6.51. The van der Waals surface area contributed by atoms with Gasteiger partial charge in [0, 0.05) is 17.9 Å². The molecule has 1 aliphatic carbocycles. The molecule has 0 spiro atoms. The predicted octanol–water partition coefficient (Wildman–Crippen LogP) is 5.38. The fraction of sp³-hybridized carbons (Fsp3) is 0.333. The maximum atomic E-state index is 12.9. The molecule has 1 saturated carbocycles. The van der Waals surface area contributed by atoms with Gasteiger partial charge < -0.3 is 0 Å². The number of hydrogen-bond donors (Lipinski definition) is 0. The Hall–Kier alpha value is -1.64. The average molecular weight is 375 g/mol. The number of ketones is 2. The number of carbonyl (C=O) groups is 2. The quantitative estimate of drug-likeness (QED) is 0.519. The Bertz CT molecular complexity index is 745. The lowest BCUT2D eigenvalue weighted by molar-refractivity contribution is -0.123. The molecule has 25 heavy (non-hydrogen) atoms. The normalized spacial score (nSPS) is 23.0. The first-order valence-corrected chi connectivity index (χ1v) is 9.36. The van der Waals surface area contributed by atoms with Crippen LogP contribution in [0.25, 0.3) is 0 Å². The second-order valence-corrected chi connectivity index (χ2v) is 7.66. The van der Waals surface area contributed by atoms with E-state index in [9.17, 15) is 9.59 Å². The minimum atomic E-state index is -1.13. The molecule has 0 unspecified atom stereocenters. The molecule has 0 aromatic heterocycles. The van der Waals surface area contributed by atoms with Crippen LogP contribution in [-0.2, 0) is 4.79 Å². The van der Waals surface area contributed by atoms with Gasteiger partial charge in [-0.2, -0.15) is 0 Å². The van der Waals surface area contributed by atoms with E-state index in [0.29, 0.717) is 18.4 Å². The molecule has 3 rings (SSSR count). The number of benzene rings is 2. The van der Waals surface area contributed by atoms with Crippen LogP contribution in [-0.4, -0.2) is 21.8 Å². The van der Waals surface area contributed by atoms with Gasteiger partial charge in [0.1, 0.15) is 10.3 Å². The molecule has 0 radical (unpaired) electrons. The van der Waals surface area contributed by atoms with Gasteiger partial charge in [-0.25, -0.2) is 0 Å². The predicted molar refractivity (Wildman–Crippen MR) is 102 cm³/mol. The molecule has 0 aliphatic heterocycles. The van der Waals surface area contributed by atoms with Crippen LogP contribution in [0.3, 0.4) is 0 Å². The zero-order valence-electron chi connectivity index (χ0n) is 13.8. The van der Waals surface area contributed by atoms with Crippen molar-refractivity contribution in [3.63, 3.8) is 0 Å². The topological polar surface area (TPSA) is 34.1 Å². The zero-order valence-corrected chi connectivity index (χ0v) is 15.3. The summed E-state index contributed by atoms with van der Waals surface area (Å²) in [6, 6.07) is 18.4. The lowest BCUT2D eigenvalue weighted by Crippen LogP contribution is -2.46. The van der Waals surface area contributed by atoms with E-state index in [2.05, 4.69) is 0 Å². The Labute approximate surface area is 158 Å². The summed E-state index contributed by atoms with van der Waals surface area (Å²) in [4.78, 5) is 24.5. The van der Waals surface area contributed by atoms with Crippen LogP contribution in [0.1, 0.15) is 47.5 Å². The van der Waals surface area contributed by atoms with E-state index in [4.69, 9.17) is 23.2 Å². The largest absolute Gasteiger partial charge is 0.298 e. The van der Waals surface area contributed by atoms with E-state index < -0.39 is 16.2 Å². The molecule has 0 bridgehead atoms. The van der Waals surface area contributed by atoms with Crippen molar-refractivity contribution in [2.45, 2.75) is 41.9 Å². The number of carbonyl (C=O) groups excluding carboxylic acids is 2. The Morgan fingerprint density at radius 2 is 1.56 bits per heavy atom. The van der Waals surface area contributed by atoms with Crippen molar-refractivity contribution in [1.82, 2.24) is 0 Å². The first-order chi connectivity index (χ1) is 12.0. The fourth-order valence-corrected chi connectivity index (χ4v) is 4.61. The minimum absolute atomic E-state index is 0.0132. The molecule has 1 fully saturated rings. The molecule has 2 aromatic carbocycles. The van der Waals surface area contributed by atoms with E-state index in [1.165, 1.54) is 0 Å². The molecule has 2 nitrogen and oxygen atoms in total. The maximum Gasteiger partial charge on any atom is 0.181 e. The number of Topliss-reactive ketones (excluding diaryl/α,β-unsaturated/α-hetero) is 2. The molecular weight excluding hydrogens is 355 g/mol. The van der Waals surface area contributed by atoms with Crippen molar-refractivity contribution in [1.29, 1.82) is 0 Å². The highest BCUT2D eigenvalue weighted by Crippen LogP contribution is 2.46. The van der Waals surface area contributed by atoms with E-state index in [1.807, 2.05) is 36.4 Å². The second kappa shape index (κ2) is 7.72. The molecular formula is C21H20Cl2O2. The molecule has 0 heterocycles. The SMILES string of the molecule is O=C(c1ccccc1)[C@H](Cl)[C@@H](c1ccccc1)[C@]1(Cl)CCCCC1=O. The summed E-state index contributed by atoms with van der Waals surface area (Å²) in [7, 11) is 0. The average Bonchev–Trinajstić information content (AvgIpc) is 2.65. The number of rotatable bonds is 5. The Kier molecular flexibility index (Phi) is 5.61. The van der Waals surface area contributed by atoms with Crippen LogP contribution < -0.4 is 0 Å². The zero-order chi connectivity index (χ0) is 17.9. The van der Waals surface area contributed by atoms with E-state index in [1.54, 1.807) is 24.3 Å². The third-order valence-corrected chi connectivity index (χ3v) is 6.00. The third kappa shape index (κ3) is 3.65. The molecule has 0 amide bonds. The highest BCUT2D eigenvalue weighted by atomic mass is 35.5. The Morgan fingerprint density at radius 1 is 0.960 bits per heavy atom. The lowest BCUT2D eigenvalue weighted by Gasteiger charge is -2.39. The molecule has 130 valence electrons. The summed E-state index contributed by atoms with van der Waals surface area (Å²) < 4.78 is 0. The molecule has 0 saturated heterocycles. The van der Waals surface area contributed by atoms with Gasteiger partial charge in [0.2, 0.25) is 0 Å². The maximum absolute atomic E-state index is 12.9. The number of hydrogen-bond acceptors (Lipinski definition) is 2. The molecule has 4 heteroatoms. The molecule has 1 aliphatic rings. The Balaban J connectivity index is 2.02. The first kappa shape index (κ1) is 18.2. The van der Waals surface area contributed by atoms with Crippen molar-refractivity contribution < 1.29 is 9.59 Å². The first-order valence-electron chi connectivity index (χ1n) is 8.54. The highest BCUT2D eigenvalue weighted by Gasteiger charge is 2.50. The van der Waals surface area contributed by atoms with Gasteiger partial charge in [-0.05, 0) is 18.4 Å². The molecule has 0 N–H and O–H groups in total. The van der Waals surface area contributed by atoms with E-state index >= 15 is 0 Å². The fourth-order valence-electron chi connectivity index (χ4n) is 3.58. The smallest absolute Gasteiger partial charge is 0.181 e.